The number of anilines is 1. The van der Waals surface area contributed by atoms with Crippen molar-refractivity contribution in [2.45, 2.75) is 13.3 Å². The highest BCUT2D eigenvalue weighted by Crippen LogP contribution is 2.21. The van der Waals surface area contributed by atoms with Gasteiger partial charge in [0.2, 0.25) is 0 Å². The lowest BCUT2D eigenvalue weighted by Gasteiger charge is -2.10. The number of carboxylic acids is 1. The van der Waals surface area contributed by atoms with Crippen LogP contribution in [0.3, 0.4) is 0 Å². The number of rotatable bonds is 5. The normalized spacial score (nSPS) is 10.3. The monoisotopic (exact) mass is 289 g/mol. The zero-order valence-corrected chi connectivity index (χ0v) is 11.9. The van der Waals surface area contributed by atoms with Crippen LogP contribution in [0.15, 0.2) is 42.5 Å². The zero-order chi connectivity index (χ0) is 14.5. The maximum atomic E-state index is 11.1. The average molecular weight is 290 g/mol. The standard InChI is InChI=1S/C16H16ClNO2/c1-11-3-2-4-12(9-11)7-8-18-15-10-13(17)5-6-14(15)16(19)20/h2-6,9-10,18H,7-8H2,1H3,(H,19,20). The molecule has 0 aromatic heterocycles. The summed E-state index contributed by atoms with van der Waals surface area (Å²) in [4.78, 5) is 11.1. The third kappa shape index (κ3) is 3.75. The van der Waals surface area contributed by atoms with Gasteiger partial charge < -0.3 is 10.4 Å². The predicted molar refractivity (Wildman–Crippen MR) is 81.8 cm³/mol. The molecule has 0 aliphatic carbocycles. The number of hydrogen-bond acceptors (Lipinski definition) is 2. The summed E-state index contributed by atoms with van der Waals surface area (Å²) in [5.41, 5.74) is 3.23. The summed E-state index contributed by atoms with van der Waals surface area (Å²) in [6.45, 7) is 2.71. The lowest BCUT2D eigenvalue weighted by Crippen LogP contribution is -2.09. The van der Waals surface area contributed by atoms with Gasteiger partial charge in [-0.3, -0.25) is 0 Å². The van der Waals surface area contributed by atoms with Crippen LogP contribution in [-0.2, 0) is 6.42 Å². The fourth-order valence-corrected chi connectivity index (χ4v) is 2.23. The van der Waals surface area contributed by atoms with Gasteiger partial charge in [-0.25, -0.2) is 4.79 Å². The first-order valence-electron chi connectivity index (χ1n) is 6.38. The second kappa shape index (κ2) is 6.44. The number of benzene rings is 2. The molecule has 0 amide bonds. The van der Waals surface area contributed by atoms with Gasteiger partial charge in [0.15, 0.2) is 0 Å². The van der Waals surface area contributed by atoms with E-state index in [0.717, 1.165) is 6.42 Å². The Balaban J connectivity index is 2.04. The Kier molecular flexibility index (Phi) is 4.64. The van der Waals surface area contributed by atoms with E-state index >= 15 is 0 Å². The third-order valence-corrected chi connectivity index (χ3v) is 3.26. The maximum Gasteiger partial charge on any atom is 0.337 e. The number of nitrogens with one attached hydrogen (secondary N) is 1. The molecule has 2 rings (SSSR count). The minimum absolute atomic E-state index is 0.235. The van der Waals surface area contributed by atoms with Crippen LogP contribution in [0.1, 0.15) is 21.5 Å². The van der Waals surface area contributed by atoms with Gasteiger partial charge in [0.1, 0.15) is 0 Å². The highest BCUT2D eigenvalue weighted by molar-refractivity contribution is 6.31. The molecule has 2 aromatic carbocycles. The molecule has 0 saturated carbocycles. The molecule has 0 aliphatic heterocycles. The molecule has 4 heteroatoms. The van der Waals surface area contributed by atoms with Crippen molar-refractivity contribution >= 4 is 23.3 Å². The van der Waals surface area contributed by atoms with Crippen molar-refractivity contribution in [3.8, 4) is 0 Å². The number of halogens is 1. The van der Waals surface area contributed by atoms with Crippen molar-refractivity contribution in [2.75, 3.05) is 11.9 Å². The second-order valence-corrected chi connectivity index (χ2v) is 5.10. The summed E-state index contributed by atoms with van der Waals surface area (Å²) in [6, 6.07) is 13.0. The molecular weight excluding hydrogens is 274 g/mol. The van der Waals surface area contributed by atoms with Crippen LogP contribution in [0.2, 0.25) is 5.02 Å². The van der Waals surface area contributed by atoms with Crippen molar-refractivity contribution in [3.05, 3.63) is 64.2 Å². The number of carboxylic acid groups (broad SMARTS) is 1. The smallest absolute Gasteiger partial charge is 0.337 e. The van der Waals surface area contributed by atoms with Crippen LogP contribution in [0.5, 0.6) is 0 Å². The molecule has 0 saturated heterocycles. The summed E-state index contributed by atoms with van der Waals surface area (Å²) < 4.78 is 0. The van der Waals surface area contributed by atoms with Gasteiger partial charge in [0.05, 0.1) is 11.3 Å². The Morgan fingerprint density at radius 3 is 2.75 bits per heavy atom. The fourth-order valence-electron chi connectivity index (χ4n) is 2.06. The van der Waals surface area contributed by atoms with Gasteiger partial charge in [-0.2, -0.15) is 0 Å². The van der Waals surface area contributed by atoms with Crippen molar-refractivity contribution in [3.63, 3.8) is 0 Å². The number of aryl methyl sites for hydroxylation is 1. The molecule has 0 radical (unpaired) electrons. The molecule has 0 heterocycles. The lowest BCUT2D eigenvalue weighted by atomic mass is 10.1. The van der Waals surface area contributed by atoms with Gasteiger partial charge in [-0.15, -0.1) is 0 Å². The van der Waals surface area contributed by atoms with Gasteiger partial charge >= 0.3 is 5.97 Å². The van der Waals surface area contributed by atoms with E-state index in [-0.39, 0.29) is 5.56 Å². The molecular formula is C16H16ClNO2. The lowest BCUT2D eigenvalue weighted by molar-refractivity contribution is 0.0698. The van der Waals surface area contributed by atoms with E-state index in [0.29, 0.717) is 17.3 Å². The minimum atomic E-state index is -0.959. The summed E-state index contributed by atoms with van der Waals surface area (Å²) in [5.74, 6) is -0.959. The number of aromatic carboxylic acids is 1. The highest BCUT2D eigenvalue weighted by Gasteiger charge is 2.09. The van der Waals surface area contributed by atoms with Crippen LogP contribution in [-0.4, -0.2) is 17.6 Å². The average Bonchev–Trinajstić information content (AvgIpc) is 2.38. The zero-order valence-electron chi connectivity index (χ0n) is 11.2. The molecule has 0 bridgehead atoms. The summed E-state index contributed by atoms with van der Waals surface area (Å²) in [6.07, 6.45) is 0.827. The molecule has 0 aliphatic rings. The van der Waals surface area contributed by atoms with Crippen molar-refractivity contribution in [1.82, 2.24) is 0 Å². The Labute approximate surface area is 123 Å². The van der Waals surface area contributed by atoms with E-state index in [9.17, 15) is 4.79 Å². The van der Waals surface area contributed by atoms with E-state index < -0.39 is 5.97 Å². The van der Waals surface area contributed by atoms with Crippen LogP contribution in [0.25, 0.3) is 0 Å². The molecule has 2 N–H and O–H groups in total. The van der Waals surface area contributed by atoms with E-state index in [1.54, 1.807) is 12.1 Å². The van der Waals surface area contributed by atoms with Crippen molar-refractivity contribution in [1.29, 1.82) is 0 Å². The Morgan fingerprint density at radius 1 is 1.25 bits per heavy atom. The second-order valence-electron chi connectivity index (χ2n) is 4.66. The van der Waals surface area contributed by atoms with Crippen molar-refractivity contribution < 1.29 is 9.90 Å². The third-order valence-electron chi connectivity index (χ3n) is 3.02. The molecule has 104 valence electrons. The SMILES string of the molecule is Cc1cccc(CCNc2cc(Cl)ccc2C(=O)O)c1. The highest BCUT2D eigenvalue weighted by atomic mass is 35.5. The molecule has 3 nitrogen and oxygen atoms in total. The van der Waals surface area contributed by atoms with Crippen LogP contribution in [0.4, 0.5) is 5.69 Å². The maximum absolute atomic E-state index is 11.1. The van der Waals surface area contributed by atoms with Gasteiger partial charge in [-0.1, -0.05) is 41.4 Å². The van der Waals surface area contributed by atoms with E-state index in [4.69, 9.17) is 16.7 Å². The van der Waals surface area contributed by atoms with Gasteiger partial charge in [-0.05, 0) is 37.1 Å². The number of carbonyl (C=O) groups is 1. The van der Waals surface area contributed by atoms with Gasteiger partial charge in [0, 0.05) is 11.6 Å². The van der Waals surface area contributed by atoms with Crippen molar-refractivity contribution in [2.24, 2.45) is 0 Å². The molecule has 0 unspecified atom stereocenters. The van der Waals surface area contributed by atoms with Crippen LogP contribution >= 0.6 is 11.6 Å². The summed E-state index contributed by atoms with van der Waals surface area (Å²) in [5, 5.41) is 12.8. The largest absolute Gasteiger partial charge is 0.478 e. The van der Waals surface area contributed by atoms with E-state index in [2.05, 4.69) is 30.4 Å². The Hall–Kier alpha value is -2.00. The minimum Gasteiger partial charge on any atom is -0.478 e. The molecule has 2 aromatic rings. The molecule has 0 fully saturated rings. The summed E-state index contributed by atoms with van der Waals surface area (Å²) in [7, 11) is 0. The van der Waals surface area contributed by atoms with Crippen LogP contribution < -0.4 is 5.32 Å². The van der Waals surface area contributed by atoms with E-state index in [1.807, 2.05) is 6.07 Å². The predicted octanol–water partition coefficient (Wildman–Crippen LogP) is 4.00. The fraction of sp³-hybridized carbons (Fsp3) is 0.188. The van der Waals surface area contributed by atoms with E-state index in [1.165, 1.54) is 17.2 Å². The molecule has 0 spiro atoms. The van der Waals surface area contributed by atoms with Gasteiger partial charge in [0.25, 0.3) is 0 Å². The Morgan fingerprint density at radius 2 is 2.05 bits per heavy atom. The first-order chi connectivity index (χ1) is 9.56. The first kappa shape index (κ1) is 14.4. The number of hydrogen-bond donors (Lipinski definition) is 2. The molecule has 20 heavy (non-hydrogen) atoms. The summed E-state index contributed by atoms with van der Waals surface area (Å²) >= 11 is 5.91. The quantitative estimate of drug-likeness (QED) is 0.874. The topological polar surface area (TPSA) is 49.3 Å². The first-order valence-corrected chi connectivity index (χ1v) is 6.76. The Bertz CT molecular complexity index is 626. The molecule has 0 atom stereocenters. The van der Waals surface area contributed by atoms with Crippen LogP contribution in [0, 0.1) is 6.92 Å².